The first-order chi connectivity index (χ1) is 11.2. The van der Waals surface area contributed by atoms with Crippen LogP contribution in [0.25, 0.3) is 16.8 Å². The lowest BCUT2D eigenvalue weighted by molar-refractivity contribution is 0.103. The van der Waals surface area contributed by atoms with Gasteiger partial charge in [0.2, 0.25) is 0 Å². The monoisotopic (exact) mass is 298 g/mol. The van der Waals surface area contributed by atoms with Crippen LogP contribution in [0.1, 0.15) is 22.3 Å². The van der Waals surface area contributed by atoms with Gasteiger partial charge in [-0.3, -0.25) is 4.79 Å². The number of carbonyl (C=O) groups excluding carboxylic acids is 1. The predicted octanol–water partition coefficient (Wildman–Crippen LogP) is 5.68. The highest BCUT2D eigenvalue weighted by Gasteiger charge is 2.09. The van der Waals surface area contributed by atoms with Crippen LogP contribution in [0, 0.1) is 0 Å². The van der Waals surface area contributed by atoms with Gasteiger partial charge in [0.25, 0.3) is 0 Å². The highest BCUT2D eigenvalue weighted by molar-refractivity contribution is 6.10. The number of fused-ring (bicyclic) bond motifs is 1. The van der Waals surface area contributed by atoms with Crippen molar-refractivity contribution in [1.29, 1.82) is 0 Å². The number of rotatable bonds is 5. The molecule has 0 atom stereocenters. The maximum atomic E-state index is 12.5. The quantitative estimate of drug-likeness (QED) is 0.437. The first-order valence-electron chi connectivity index (χ1n) is 7.67. The lowest BCUT2D eigenvalue weighted by Crippen LogP contribution is -2.01. The van der Waals surface area contributed by atoms with Gasteiger partial charge in [0.1, 0.15) is 0 Å². The number of hydrogen-bond donors (Lipinski definition) is 0. The Labute approximate surface area is 136 Å². The Balaban J connectivity index is 1.71. The zero-order valence-corrected chi connectivity index (χ0v) is 12.9. The van der Waals surface area contributed by atoms with Crippen molar-refractivity contribution in [3.63, 3.8) is 0 Å². The maximum absolute atomic E-state index is 12.5. The van der Waals surface area contributed by atoms with Crippen molar-refractivity contribution in [3.05, 3.63) is 102 Å². The molecule has 0 aromatic heterocycles. The standard InChI is InChI=1S/C22H18O/c1-17(8-7-11-18-9-3-2-4-10-18)22(23)21-15-14-19-12-5-6-13-20(19)16-21/h2-7,9-16H,1,8H2/b11-7+. The molecule has 0 aliphatic heterocycles. The largest absolute Gasteiger partial charge is 0.289 e. The van der Waals surface area contributed by atoms with Crippen molar-refractivity contribution >= 4 is 22.6 Å². The van der Waals surface area contributed by atoms with E-state index in [1.165, 1.54) is 0 Å². The van der Waals surface area contributed by atoms with Gasteiger partial charge in [0.15, 0.2) is 5.78 Å². The second-order valence-electron chi connectivity index (χ2n) is 5.51. The minimum absolute atomic E-state index is 0.00784. The Morgan fingerprint density at radius 2 is 1.57 bits per heavy atom. The molecular formula is C22H18O. The molecule has 23 heavy (non-hydrogen) atoms. The summed E-state index contributed by atoms with van der Waals surface area (Å²) in [6.45, 7) is 3.94. The van der Waals surface area contributed by atoms with Gasteiger partial charge in [-0.2, -0.15) is 0 Å². The fourth-order valence-electron chi connectivity index (χ4n) is 2.53. The van der Waals surface area contributed by atoms with Gasteiger partial charge >= 0.3 is 0 Å². The molecule has 0 unspecified atom stereocenters. The van der Waals surface area contributed by atoms with Crippen LogP contribution in [0.3, 0.4) is 0 Å². The van der Waals surface area contributed by atoms with Crippen molar-refractivity contribution in [3.8, 4) is 0 Å². The van der Waals surface area contributed by atoms with Crippen molar-refractivity contribution in [2.75, 3.05) is 0 Å². The van der Waals surface area contributed by atoms with E-state index in [1.807, 2.05) is 84.9 Å². The summed E-state index contributed by atoms with van der Waals surface area (Å²) in [7, 11) is 0. The van der Waals surface area contributed by atoms with E-state index in [0.717, 1.165) is 16.3 Å². The average Bonchev–Trinajstić information content (AvgIpc) is 2.61. The van der Waals surface area contributed by atoms with Crippen molar-refractivity contribution in [1.82, 2.24) is 0 Å². The van der Waals surface area contributed by atoms with Crippen molar-refractivity contribution in [2.45, 2.75) is 6.42 Å². The number of benzene rings is 3. The molecule has 0 fully saturated rings. The molecule has 0 radical (unpaired) electrons. The van der Waals surface area contributed by atoms with Gasteiger partial charge in [-0.05, 0) is 34.4 Å². The Morgan fingerprint density at radius 1 is 0.870 bits per heavy atom. The van der Waals surface area contributed by atoms with Crippen LogP contribution in [0.15, 0.2) is 91.0 Å². The number of hydrogen-bond acceptors (Lipinski definition) is 1. The summed E-state index contributed by atoms with van der Waals surface area (Å²) in [5, 5.41) is 2.21. The first-order valence-corrected chi connectivity index (χ1v) is 7.67. The molecule has 3 rings (SSSR count). The molecule has 0 saturated carbocycles. The third-order valence-electron chi connectivity index (χ3n) is 3.81. The van der Waals surface area contributed by atoms with Crippen LogP contribution < -0.4 is 0 Å². The molecule has 0 aliphatic carbocycles. The zero-order valence-electron chi connectivity index (χ0n) is 12.9. The van der Waals surface area contributed by atoms with E-state index in [0.29, 0.717) is 17.6 Å². The first kappa shape index (κ1) is 15.0. The van der Waals surface area contributed by atoms with Crippen LogP contribution in [0.5, 0.6) is 0 Å². The van der Waals surface area contributed by atoms with Crippen molar-refractivity contribution < 1.29 is 4.79 Å². The van der Waals surface area contributed by atoms with Gasteiger partial charge in [-0.25, -0.2) is 0 Å². The topological polar surface area (TPSA) is 17.1 Å². The van der Waals surface area contributed by atoms with E-state index in [9.17, 15) is 4.79 Å². The molecule has 3 aromatic carbocycles. The van der Waals surface area contributed by atoms with E-state index in [4.69, 9.17) is 0 Å². The Morgan fingerprint density at radius 3 is 2.35 bits per heavy atom. The predicted molar refractivity (Wildman–Crippen MR) is 97.5 cm³/mol. The highest BCUT2D eigenvalue weighted by Crippen LogP contribution is 2.19. The van der Waals surface area contributed by atoms with E-state index < -0.39 is 0 Å². The summed E-state index contributed by atoms with van der Waals surface area (Å²) in [6, 6.07) is 23.9. The minimum Gasteiger partial charge on any atom is -0.289 e. The molecule has 0 N–H and O–H groups in total. The summed E-state index contributed by atoms with van der Waals surface area (Å²) < 4.78 is 0. The smallest absolute Gasteiger partial charge is 0.188 e. The van der Waals surface area contributed by atoms with Crippen LogP contribution in [0.4, 0.5) is 0 Å². The Hall–Kier alpha value is -2.93. The molecule has 0 saturated heterocycles. The molecule has 1 nitrogen and oxygen atoms in total. The van der Waals surface area contributed by atoms with Crippen molar-refractivity contribution in [2.24, 2.45) is 0 Å². The van der Waals surface area contributed by atoms with Gasteiger partial charge in [0, 0.05) is 5.56 Å². The van der Waals surface area contributed by atoms with Crippen LogP contribution in [0.2, 0.25) is 0 Å². The number of allylic oxidation sites excluding steroid dienone is 2. The SMILES string of the molecule is C=C(C/C=C/c1ccccc1)C(=O)c1ccc2ccccc2c1. The van der Waals surface area contributed by atoms with Crippen LogP contribution in [-0.4, -0.2) is 5.78 Å². The van der Waals surface area contributed by atoms with Crippen LogP contribution >= 0.6 is 0 Å². The van der Waals surface area contributed by atoms with E-state index in [2.05, 4.69) is 6.58 Å². The fraction of sp³-hybridized carbons (Fsp3) is 0.0455. The lowest BCUT2D eigenvalue weighted by Gasteiger charge is -2.04. The molecular weight excluding hydrogens is 280 g/mol. The normalized spacial score (nSPS) is 11.0. The third-order valence-corrected chi connectivity index (χ3v) is 3.81. The highest BCUT2D eigenvalue weighted by atomic mass is 16.1. The summed E-state index contributed by atoms with van der Waals surface area (Å²) in [4.78, 5) is 12.5. The van der Waals surface area contributed by atoms with E-state index in [1.54, 1.807) is 0 Å². The summed E-state index contributed by atoms with van der Waals surface area (Å²) in [6.07, 6.45) is 4.55. The molecule has 0 heterocycles. The summed E-state index contributed by atoms with van der Waals surface area (Å²) in [5.41, 5.74) is 2.42. The number of Topliss-reactive ketones (excluding diaryl/α,β-unsaturated/α-hetero) is 1. The fourth-order valence-corrected chi connectivity index (χ4v) is 2.53. The number of carbonyl (C=O) groups is 1. The van der Waals surface area contributed by atoms with Gasteiger partial charge < -0.3 is 0 Å². The Kier molecular flexibility index (Phi) is 4.49. The third kappa shape index (κ3) is 3.64. The molecule has 0 aliphatic rings. The van der Waals surface area contributed by atoms with Gasteiger partial charge in [-0.15, -0.1) is 0 Å². The van der Waals surface area contributed by atoms with Crippen LogP contribution in [-0.2, 0) is 0 Å². The molecule has 112 valence electrons. The second-order valence-corrected chi connectivity index (χ2v) is 5.51. The molecule has 0 spiro atoms. The summed E-state index contributed by atoms with van der Waals surface area (Å²) in [5.74, 6) is 0.00784. The maximum Gasteiger partial charge on any atom is 0.188 e. The minimum atomic E-state index is 0.00784. The lowest BCUT2D eigenvalue weighted by atomic mass is 9.99. The second kappa shape index (κ2) is 6.89. The molecule has 0 amide bonds. The van der Waals surface area contributed by atoms with E-state index >= 15 is 0 Å². The number of ketones is 1. The average molecular weight is 298 g/mol. The molecule has 3 aromatic rings. The van der Waals surface area contributed by atoms with Gasteiger partial charge in [-0.1, -0.05) is 85.5 Å². The molecule has 1 heteroatoms. The summed E-state index contributed by atoms with van der Waals surface area (Å²) >= 11 is 0. The molecule has 0 bridgehead atoms. The zero-order chi connectivity index (χ0) is 16.1. The van der Waals surface area contributed by atoms with Gasteiger partial charge in [0.05, 0.1) is 0 Å². The Bertz CT molecular complexity index is 873. The van der Waals surface area contributed by atoms with E-state index in [-0.39, 0.29) is 5.78 Å².